The Kier molecular flexibility index (Phi) is 3.63. The number of carbonyl (C=O) groups excluding carboxylic acids is 1. The molecular formula is C14H17ClN4O. The summed E-state index contributed by atoms with van der Waals surface area (Å²) in [5.74, 6) is -0.0746. The smallest absolute Gasteiger partial charge is 0.276 e. The molecule has 1 aliphatic heterocycles. The van der Waals surface area contributed by atoms with Gasteiger partial charge in [0.15, 0.2) is 5.69 Å². The number of amides is 1. The predicted molar refractivity (Wildman–Crippen MR) is 78.2 cm³/mol. The van der Waals surface area contributed by atoms with Gasteiger partial charge in [0.1, 0.15) is 0 Å². The molecule has 106 valence electrons. The van der Waals surface area contributed by atoms with Crippen molar-refractivity contribution < 1.29 is 4.79 Å². The lowest BCUT2D eigenvalue weighted by atomic mass is 10.2. The number of hydrogen-bond donors (Lipinski definition) is 0. The molecule has 0 atom stereocenters. The highest BCUT2D eigenvalue weighted by molar-refractivity contribution is 6.36. The Balaban J connectivity index is 1.84. The molecule has 0 N–H and O–H groups in total. The summed E-state index contributed by atoms with van der Waals surface area (Å²) in [6, 6.07) is 5.61. The van der Waals surface area contributed by atoms with Crippen molar-refractivity contribution in [2.75, 3.05) is 32.7 Å². The van der Waals surface area contributed by atoms with Crippen molar-refractivity contribution >= 4 is 23.0 Å². The van der Waals surface area contributed by atoms with Crippen molar-refractivity contribution in [3.63, 3.8) is 0 Å². The summed E-state index contributed by atoms with van der Waals surface area (Å²) in [5.41, 5.74) is 1.12. The van der Waals surface area contributed by atoms with Crippen LogP contribution in [-0.4, -0.2) is 58.0 Å². The highest BCUT2D eigenvalue weighted by Gasteiger charge is 2.26. The first-order valence-electron chi connectivity index (χ1n) is 6.85. The monoisotopic (exact) mass is 292 g/mol. The molecule has 1 aliphatic rings. The molecule has 2 aromatic rings. The van der Waals surface area contributed by atoms with E-state index in [1.165, 1.54) is 0 Å². The van der Waals surface area contributed by atoms with E-state index in [2.05, 4.69) is 16.9 Å². The molecule has 0 aromatic carbocycles. The second-order valence-corrected chi connectivity index (χ2v) is 5.30. The van der Waals surface area contributed by atoms with Gasteiger partial charge in [0, 0.05) is 32.4 Å². The van der Waals surface area contributed by atoms with E-state index in [1.807, 2.05) is 23.1 Å². The first-order valence-corrected chi connectivity index (χ1v) is 7.23. The lowest BCUT2D eigenvalue weighted by Crippen LogP contribution is -2.48. The number of aromatic nitrogens is 2. The molecule has 0 spiro atoms. The number of fused-ring (bicyclic) bond motifs is 1. The van der Waals surface area contributed by atoms with Crippen LogP contribution in [0.25, 0.3) is 5.52 Å². The summed E-state index contributed by atoms with van der Waals surface area (Å²) in [6.07, 6.45) is 1.80. The van der Waals surface area contributed by atoms with E-state index in [-0.39, 0.29) is 5.91 Å². The number of rotatable bonds is 2. The minimum Gasteiger partial charge on any atom is -0.335 e. The van der Waals surface area contributed by atoms with Gasteiger partial charge in [-0.1, -0.05) is 24.6 Å². The van der Waals surface area contributed by atoms with Gasteiger partial charge >= 0.3 is 0 Å². The molecule has 0 saturated carbocycles. The van der Waals surface area contributed by atoms with E-state index >= 15 is 0 Å². The highest BCUT2D eigenvalue weighted by atomic mass is 35.5. The standard InChI is InChI=1S/C14H17ClN4O/c1-2-17-7-9-18(10-8-17)14(20)13-12(15)11-5-3-4-6-19(11)16-13/h3-6H,2,7-10H2,1H3. The average molecular weight is 293 g/mol. The highest BCUT2D eigenvalue weighted by Crippen LogP contribution is 2.23. The second-order valence-electron chi connectivity index (χ2n) is 4.92. The lowest BCUT2D eigenvalue weighted by molar-refractivity contribution is 0.0637. The average Bonchev–Trinajstić information content (AvgIpc) is 2.84. The number of pyridine rings is 1. The van der Waals surface area contributed by atoms with Crippen molar-refractivity contribution in [3.8, 4) is 0 Å². The molecular weight excluding hydrogens is 276 g/mol. The summed E-state index contributed by atoms with van der Waals surface area (Å²) < 4.78 is 1.65. The maximum Gasteiger partial charge on any atom is 0.276 e. The SMILES string of the molecule is CCN1CCN(C(=O)c2nn3ccccc3c2Cl)CC1. The zero-order valence-electron chi connectivity index (χ0n) is 11.4. The van der Waals surface area contributed by atoms with E-state index < -0.39 is 0 Å². The third-order valence-electron chi connectivity index (χ3n) is 3.79. The predicted octanol–water partition coefficient (Wildman–Crippen LogP) is 1.77. The van der Waals surface area contributed by atoms with Crippen molar-refractivity contribution in [2.45, 2.75) is 6.92 Å². The number of halogens is 1. The Labute approximate surface area is 122 Å². The third-order valence-corrected chi connectivity index (χ3v) is 4.16. The fraction of sp³-hybridized carbons (Fsp3) is 0.429. The van der Waals surface area contributed by atoms with Gasteiger partial charge in [0.25, 0.3) is 5.91 Å². The summed E-state index contributed by atoms with van der Waals surface area (Å²) in [6.45, 7) is 6.45. The van der Waals surface area contributed by atoms with Crippen LogP contribution in [0.3, 0.4) is 0 Å². The quantitative estimate of drug-likeness (QED) is 0.847. The molecule has 3 heterocycles. The normalized spacial score (nSPS) is 16.8. The van der Waals surface area contributed by atoms with Crippen molar-refractivity contribution in [2.24, 2.45) is 0 Å². The Bertz CT molecular complexity index is 631. The van der Waals surface area contributed by atoms with Gasteiger partial charge < -0.3 is 9.80 Å². The van der Waals surface area contributed by atoms with Gasteiger partial charge in [0.05, 0.1) is 10.5 Å². The zero-order valence-corrected chi connectivity index (χ0v) is 12.2. The summed E-state index contributed by atoms with van der Waals surface area (Å²) >= 11 is 6.29. The minimum atomic E-state index is -0.0746. The summed E-state index contributed by atoms with van der Waals surface area (Å²) in [4.78, 5) is 16.7. The maximum atomic E-state index is 12.5. The lowest BCUT2D eigenvalue weighted by Gasteiger charge is -2.33. The van der Waals surface area contributed by atoms with Gasteiger partial charge in [-0.25, -0.2) is 4.52 Å². The van der Waals surface area contributed by atoms with Crippen LogP contribution < -0.4 is 0 Å². The summed E-state index contributed by atoms with van der Waals surface area (Å²) in [5, 5.41) is 4.74. The van der Waals surface area contributed by atoms with Crippen molar-refractivity contribution in [1.29, 1.82) is 0 Å². The number of piperazine rings is 1. The van der Waals surface area contributed by atoms with Crippen LogP contribution in [0.5, 0.6) is 0 Å². The van der Waals surface area contributed by atoms with E-state index in [9.17, 15) is 4.79 Å². The van der Waals surface area contributed by atoms with E-state index in [1.54, 1.807) is 10.7 Å². The number of hydrogen-bond acceptors (Lipinski definition) is 3. The van der Waals surface area contributed by atoms with E-state index in [0.29, 0.717) is 10.7 Å². The molecule has 3 rings (SSSR count). The van der Waals surface area contributed by atoms with Crippen molar-refractivity contribution in [3.05, 3.63) is 35.1 Å². The Morgan fingerprint density at radius 2 is 2.05 bits per heavy atom. The molecule has 20 heavy (non-hydrogen) atoms. The fourth-order valence-electron chi connectivity index (χ4n) is 2.52. The van der Waals surface area contributed by atoms with Crippen LogP contribution in [0, 0.1) is 0 Å². The molecule has 5 nitrogen and oxygen atoms in total. The Morgan fingerprint density at radius 3 is 2.70 bits per heavy atom. The number of carbonyl (C=O) groups is 1. The van der Waals surface area contributed by atoms with Gasteiger partial charge in [-0.15, -0.1) is 0 Å². The minimum absolute atomic E-state index is 0.0746. The molecule has 1 fully saturated rings. The fourth-order valence-corrected chi connectivity index (χ4v) is 2.79. The molecule has 1 saturated heterocycles. The number of likely N-dealkylation sites (N-methyl/N-ethyl adjacent to an activating group) is 1. The molecule has 0 aliphatic carbocycles. The van der Waals surface area contributed by atoms with Crippen LogP contribution in [0.1, 0.15) is 17.4 Å². The molecule has 6 heteroatoms. The molecule has 0 radical (unpaired) electrons. The maximum absolute atomic E-state index is 12.5. The Hall–Kier alpha value is -1.59. The summed E-state index contributed by atoms with van der Waals surface area (Å²) in [7, 11) is 0. The Morgan fingerprint density at radius 1 is 1.30 bits per heavy atom. The first kappa shape index (κ1) is 13.4. The van der Waals surface area contributed by atoms with Gasteiger partial charge in [-0.05, 0) is 18.7 Å². The largest absolute Gasteiger partial charge is 0.335 e. The first-order chi connectivity index (χ1) is 9.70. The van der Waals surface area contributed by atoms with Crippen molar-refractivity contribution in [1.82, 2.24) is 19.4 Å². The molecule has 0 bridgehead atoms. The van der Waals surface area contributed by atoms with E-state index in [4.69, 9.17) is 11.6 Å². The van der Waals surface area contributed by atoms with Gasteiger partial charge in [-0.3, -0.25) is 4.79 Å². The van der Waals surface area contributed by atoms with Crippen LogP contribution >= 0.6 is 11.6 Å². The van der Waals surface area contributed by atoms with Gasteiger partial charge in [-0.2, -0.15) is 5.10 Å². The van der Waals surface area contributed by atoms with E-state index in [0.717, 1.165) is 38.2 Å². The topological polar surface area (TPSA) is 40.8 Å². The number of nitrogens with zero attached hydrogens (tertiary/aromatic N) is 4. The van der Waals surface area contributed by atoms with Crippen LogP contribution in [0.2, 0.25) is 5.02 Å². The van der Waals surface area contributed by atoms with Gasteiger partial charge in [0.2, 0.25) is 0 Å². The van der Waals surface area contributed by atoms with Crippen LogP contribution in [0.4, 0.5) is 0 Å². The third kappa shape index (κ3) is 2.27. The van der Waals surface area contributed by atoms with Crippen LogP contribution in [0.15, 0.2) is 24.4 Å². The molecule has 2 aromatic heterocycles. The molecule has 1 amide bonds. The van der Waals surface area contributed by atoms with Crippen LogP contribution in [-0.2, 0) is 0 Å². The second kappa shape index (κ2) is 5.42. The molecule has 0 unspecified atom stereocenters. The zero-order chi connectivity index (χ0) is 14.1.